The van der Waals surface area contributed by atoms with E-state index in [2.05, 4.69) is 0 Å². The molecule has 0 aromatic heterocycles. The number of rotatable bonds is 1. The van der Waals surface area contributed by atoms with E-state index in [1.165, 1.54) is 0 Å². The van der Waals surface area contributed by atoms with Gasteiger partial charge in [-0.15, -0.1) is 0 Å². The number of halogens is 1. The Labute approximate surface area is 74.3 Å². The van der Waals surface area contributed by atoms with Gasteiger partial charge in [0.1, 0.15) is 6.10 Å². The summed E-state index contributed by atoms with van der Waals surface area (Å²) in [5.74, 6) is -0.630. The highest BCUT2D eigenvalue weighted by Crippen LogP contribution is 2.36. The van der Waals surface area contributed by atoms with E-state index in [1.807, 2.05) is 6.08 Å². The second-order valence-electron chi connectivity index (χ2n) is 3.04. The zero-order chi connectivity index (χ0) is 8.72. The van der Waals surface area contributed by atoms with E-state index < -0.39 is 11.3 Å². The van der Waals surface area contributed by atoms with Gasteiger partial charge >= 0.3 is 5.97 Å². The van der Waals surface area contributed by atoms with Crippen molar-refractivity contribution in [3.63, 3.8) is 0 Å². The summed E-state index contributed by atoms with van der Waals surface area (Å²) >= 11 is 5.36. The fraction of sp³-hybridized carbons (Fsp3) is 0.500. The molecule has 3 nitrogen and oxygen atoms in total. The fourth-order valence-electron chi connectivity index (χ4n) is 1.73. The van der Waals surface area contributed by atoms with E-state index in [4.69, 9.17) is 16.3 Å². The molecule has 2 bridgehead atoms. The molecule has 3 atom stereocenters. The average molecular weight is 187 g/mol. The summed E-state index contributed by atoms with van der Waals surface area (Å²) in [6.45, 7) is 0. The van der Waals surface area contributed by atoms with Gasteiger partial charge in [0.05, 0.1) is 12.3 Å². The van der Waals surface area contributed by atoms with Crippen molar-refractivity contribution in [1.82, 2.24) is 0 Å². The molecule has 2 aliphatic rings. The van der Waals surface area contributed by atoms with E-state index in [0.29, 0.717) is 0 Å². The third kappa shape index (κ3) is 1.05. The van der Waals surface area contributed by atoms with Crippen molar-refractivity contribution in [2.24, 2.45) is 11.8 Å². The van der Waals surface area contributed by atoms with Crippen LogP contribution >= 0.6 is 11.6 Å². The summed E-state index contributed by atoms with van der Waals surface area (Å²) in [7, 11) is 0. The van der Waals surface area contributed by atoms with E-state index in [1.54, 1.807) is 6.08 Å². The quantitative estimate of drug-likeness (QED) is 0.347. The number of carbonyl (C=O) groups is 2. The first-order valence-corrected chi connectivity index (χ1v) is 4.13. The molecule has 1 saturated heterocycles. The Morgan fingerprint density at radius 2 is 2.33 bits per heavy atom. The van der Waals surface area contributed by atoms with Crippen LogP contribution in [0.3, 0.4) is 0 Å². The Morgan fingerprint density at radius 1 is 1.58 bits per heavy atom. The van der Waals surface area contributed by atoms with E-state index in [0.717, 1.165) is 0 Å². The van der Waals surface area contributed by atoms with Gasteiger partial charge in [0, 0.05) is 5.92 Å². The second-order valence-corrected chi connectivity index (χ2v) is 3.41. The molecule has 0 spiro atoms. The Bertz CT molecular complexity index is 253. The Morgan fingerprint density at radius 3 is 2.92 bits per heavy atom. The summed E-state index contributed by atoms with van der Waals surface area (Å²) in [4.78, 5) is 21.8. The standard InChI is InChI=1S/C8H7ClO3/c9-8(11)7-4-1-2-5(7)12-6(10)3-4/h1-2,4-5,7H,3H2/t4-,5-,7-/m0/s1. The highest BCUT2D eigenvalue weighted by Gasteiger charge is 2.43. The zero-order valence-electron chi connectivity index (χ0n) is 6.20. The Kier molecular flexibility index (Phi) is 1.68. The first-order valence-electron chi connectivity index (χ1n) is 3.75. The molecule has 0 N–H and O–H groups in total. The molecule has 1 aliphatic heterocycles. The van der Waals surface area contributed by atoms with Gasteiger partial charge in [-0.2, -0.15) is 0 Å². The molecular weight excluding hydrogens is 180 g/mol. The van der Waals surface area contributed by atoms with Gasteiger partial charge in [-0.05, 0) is 17.7 Å². The Balaban J connectivity index is 2.23. The predicted octanol–water partition coefficient (Wildman–Crippen LogP) is 0.869. The molecule has 0 aromatic rings. The van der Waals surface area contributed by atoms with Crippen LogP contribution in [0.2, 0.25) is 0 Å². The lowest BCUT2D eigenvalue weighted by molar-refractivity contribution is -0.156. The number of ether oxygens (including phenoxy) is 1. The van der Waals surface area contributed by atoms with Gasteiger partial charge in [-0.1, -0.05) is 6.08 Å². The first-order chi connectivity index (χ1) is 5.68. The maximum Gasteiger partial charge on any atom is 0.307 e. The molecule has 0 unspecified atom stereocenters. The highest BCUT2D eigenvalue weighted by molar-refractivity contribution is 6.64. The molecule has 64 valence electrons. The lowest BCUT2D eigenvalue weighted by atomic mass is 9.90. The normalized spacial score (nSPS) is 38.1. The minimum atomic E-state index is -0.416. The zero-order valence-corrected chi connectivity index (χ0v) is 6.95. The second kappa shape index (κ2) is 2.59. The van der Waals surface area contributed by atoms with Gasteiger partial charge in [-0.25, -0.2) is 0 Å². The van der Waals surface area contributed by atoms with Gasteiger partial charge in [0.2, 0.25) is 5.24 Å². The molecule has 1 fully saturated rings. The summed E-state index contributed by atoms with van der Waals surface area (Å²) in [5, 5.41) is -0.414. The minimum absolute atomic E-state index is 0.0405. The van der Waals surface area contributed by atoms with Gasteiger partial charge in [0.25, 0.3) is 0 Å². The van der Waals surface area contributed by atoms with E-state index >= 15 is 0 Å². The summed E-state index contributed by atoms with van der Waals surface area (Å²) in [6.07, 6.45) is 3.43. The van der Waals surface area contributed by atoms with Gasteiger partial charge in [-0.3, -0.25) is 9.59 Å². The first kappa shape index (κ1) is 7.80. The molecule has 0 saturated carbocycles. The van der Waals surface area contributed by atoms with Crippen molar-refractivity contribution in [2.45, 2.75) is 12.5 Å². The van der Waals surface area contributed by atoms with Crippen LogP contribution in [0.4, 0.5) is 0 Å². The van der Waals surface area contributed by atoms with Crippen molar-refractivity contribution < 1.29 is 14.3 Å². The van der Waals surface area contributed by atoms with Gasteiger partial charge in [0.15, 0.2) is 0 Å². The summed E-state index contributed by atoms with van der Waals surface area (Å²) in [6, 6.07) is 0. The molecule has 2 rings (SSSR count). The van der Waals surface area contributed by atoms with Crippen LogP contribution in [0.15, 0.2) is 12.2 Å². The third-order valence-corrected chi connectivity index (χ3v) is 2.55. The number of hydrogen-bond donors (Lipinski definition) is 0. The highest BCUT2D eigenvalue weighted by atomic mass is 35.5. The SMILES string of the molecule is O=C1C[C@@H]2C=C[C@H](O1)[C@H]2C(=O)Cl. The lowest BCUT2D eigenvalue weighted by Crippen LogP contribution is -2.36. The van der Waals surface area contributed by atoms with Crippen molar-refractivity contribution in [3.05, 3.63) is 12.2 Å². The van der Waals surface area contributed by atoms with E-state index in [9.17, 15) is 9.59 Å². The van der Waals surface area contributed by atoms with Crippen LogP contribution in [-0.4, -0.2) is 17.3 Å². The van der Waals surface area contributed by atoms with Crippen LogP contribution < -0.4 is 0 Å². The topological polar surface area (TPSA) is 43.4 Å². The molecule has 0 amide bonds. The maximum atomic E-state index is 10.9. The molecular formula is C8H7ClO3. The Hall–Kier alpha value is -0.830. The number of carbonyl (C=O) groups excluding carboxylic acids is 2. The molecule has 1 aliphatic carbocycles. The van der Waals surface area contributed by atoms with Crippen LogP contribution in [0.25, 0.3) is 0 Å². The minimum Gasteiger partial charge on any atom is -0.457 e. The molecule has 12 heavy (non-hydrogen) atoms. The predicted molar refractivity (Wildman–Crippen MR) is 41.5 cm³/mol. The molecule has 0 aromatic carbocycles. The van der Waals surface area contributed by atoms with Crippen LogP contribution in [0, 0.1) is 11.8 Å². The summed E-state index contributed by atoms with van der Waals surface area (Å²) in [5.41, 5.74) is 0. The molecule has 4 heteroatoms. The van der Waals surface area contributed by atoms with Crippen LogP contribution in [-0.2, 0) is 14.3 Å². The maximum absolute atomic E-state index is 10.9. The average Bonchev–Trinajstić information content (AvgIpc) is 2.24. The summed E-state index contributed by atoms with van der Waals surface area (Å²) < 4.78 is 4.92. The number of hydrogen-bond acceptors (Lipinski definition) is 3. The van der Waals surface area contributed by atoms with Crippen LogP contribution in [0.5, 0.6) is 0 Å². The lowest BCUT2D eigenvalue weighted by Gasteiger charge is -2.26. The number of allylic oxidation sites excluding steroid dienone is 1. The monoisotopic (exact) mass is 186 g/mol. The number of esters is 1. The molecule has 0 radical (unpaired) electrons. The third-order valence-electron chi connectivity index (χ3n) is 2.30. The molecule has 1 heterocycles. The van der Waals surface area contributed by atoms with Crippen molar-refractivity contribution in [2.75, 3.05) is 0 Å². The van der Waals surface area contributed by atoms with E-state index in [-0.39, 0.29) is 24.2 Å². The van der Waals surface area contributed by atoms with Crippen molar-refractivity contribution >= 4 is 22.8 Å². The van der Waals surface area contributed by atoms with Crippen LogP contribution in [0.1, 0.15) is 6.42 Å². The largest absolute Gasteiger partial charge is 0.457 e. The number of fused-ring (bicyclic) bond motifs is 2. The van der Waals surface area contributed by atoms with Crippen molar-refractivity contribution in [1.29, 1.82) is 0 Å². The smallest absolute Gasteiger partial charge is 0.307 e. The van der Waals surface area contributed by atoms with Crippen molar-refractivity contribution in [3.8, 4) is 0 Å². The van der Waals surface area contributed by atoms with Gasteiger partial charge < -0.3 is 4.74 Å². The fourth-order valence-corrected chi connectivity index (χ4v) is 2.02.